The molecule has 0 aliphatic carbocycles. The number of hydrogen-bond acceptors (Lipinski definition) is 7. The highest BCUT2D eigenvalue weighted by Crippen LogP contribution is 2.37. The lowest BCUT2D eigenvalue weighted by Gasteiger charge is -2.30. The molecule has 4 rings (SSSR count). The number of nitrogens with two attached hydrogens (primary N) is 1. The Morgan fingerprint density at radius 3 is 2.51 bits per heavy atom. The SMILES string of the molecule is CC(F)(F)C(=O)O.CCSN1CCC(c2c[nH]c3c(C(N)=O)cc(-c4csc(CN(C)C)n4)cc23)CC1. The standard InChI is InChI=1S/C22H29N5OS2.C3H4F2O2/c1-4-30-27-7-5-14(6-8-27)18-11-24-21-16(18)9-15(10-17(21)22(23)28)19-13-29-20(25-19)12-26(2)3;1-3(4,5)2(6)7/h9-11,13-14,24H,4-8,12H2,1-3H3,(H2,23,28);1H3,(H,6,7). The van der Waals surface area contributed by atoms with Gasteiger partial charge in [0, 0.05) is 54.8 Å². The van der Waals surface area contributed by atoms with Crippen molar-refractivity contribution < 1.29 is 23.5 Å². The van der Waals surface area contributed by atoms with Crippen LogP contribution in [0.5, 0.6) is 0 Å². The normalized spacial score (nSPS) is 15.1. The van der Waals surface area contributed by atoms with E-state index in [0.29, 0.717) is 18.4 Å². The summed E-state index contributed by atoms with van der Waals surface area (Å²) in [5.74, 6) is -4.48. The smallest absolute Gasteiger partial charge is 0.374 e. The molecule has 0 unspecified atom stereocenters. The maximum absolute atomic E-state index is 12.2. The number of alkyl halides is 2. The molecule has 1 aliphatic heterocycles. The summed E-state index contributed by atoms with van der Waals surface area (Å²) in [6.07, 6.45) is 4.33. The number of carboxylic acids is 1. The minimum atomic E-state index is -3.58. The van der Waals surface area contributed by atoms with Crippen molar-refractivity contribution in [3.05, 3.63) is 39.8 Å². The molecule has 2 aromatic heterocycles. The number of hydrogen-bond donors (Lipinski definition) is 3. The average molecular weight is 554 g/mol. The number of nitrogens with one attached hydrogen (secondary N) is 1. The number of piperidine rings is 1. The van der Waals surface area contributed by atoms with Gasteiger partial charge in [-0.15, -0.1) is 11.3 Å². The molecule has 0 radical (unpaired) electrons. The number of primary amides is 1. The topological polar surface area (TPSA) is 116 Å². The van der Waals surface area contributed by atoms with Crippen LogP contribution in [0.3, 0.4) is 0 Å². The van der Waals surface area contributed by atoms with Gasteiger partial charge in [-0.1, -0.05) is 18.9 Å². The number of aliphatic carboxylic acids is 1. The lowest BCUT2D eigenvalue weighted by molar-refractivity contribution is -0.161. The molecule has 3 aromatic rings. The molecule has 1 aliphatic rings. The summed E-state index contributed by atoms with van der Waals surface area (Å²) in [5.41, 5.74) is 10.3. The predicted molar refractivity (Wildman–Crippen MR) is 145 cm³/mol. The van der Waals surface area contributed by atoms with Gasteiger partial charge < -0.3 is 20.7 Å². The first-order valence-corrected chi connectivity index (χ1v) is 13.8. The highest BCUT2D eigenvalue weighted by Gasteiger charge is 2.31. The third-order valence-corrected chi connectivity index (χ3v) is 7.79. The fraction of sp³-hybridized carbons (Fsp3) is 0.480. The van der Waals surface area contributed by atoms with E-state index in [0.717, 1.165) is 65.4 Å². The summed E-state index contributed by atoms with van der Waals surface area (Å²) in [7, 11) is 4.07. The van der Waals surface area contributed by atoms with Crippen LogP contribution in [0.25, 0.3) is 22.2 Å². The van der Waals surface area contributed by atoms with Gasteiger partial charge in [-0.3, -0.25) is 9.10 Å². The van der Waals surface area contributed by atoms with Gasteiger partial charge in [0.1, 0.15) is 5.01 Å². The van der Waals surface area contributed by atoms with Gasteiger partial charge >= 0.3 is 11.9 Å². The molecule has 1 aromatic carbocycles. The molecule has 202 valence electrons. The molecule has 3 heterocycles. The quantitative estimate of drug-likeness (QED) is 0.335. The Balaban J connectivity index is 0.000000479. The largest absolute Gasteiger partial charge is 0.477 e. The molecule has 8 nitrogen and oxygen atoms in total. The number of rotatable bonds is 8. The van der Waals surface area contributed by atoms with Crippen LogP contribution in [0.1, 0.15) is 53.5 Å². The van der Waals surface area contributed by atoms with E-state index in [1.165, 1.54) is 5.56 Å². The highest BCUT2D eigenvalue weighted by molar-refractivity contribution is 7.96. The third kappa shape index (κ3) is 7.50. The van der Waals surface area contributed by atoms with Crippen LogP contribution >= 0.6 is 23.3 Å². The second-order valence-corrected chi connectivity index (χ2v) is 11.5. The first kappa shape index (κ1) is 29.0. The molecule has 0 saturated carbocycles. The first-order chi connectivity index (χ1) is 17.4. The van der Waals surface area contributed by atoms with Crippen LogP contribution in [-0.4, -0.2) is 75.0 Å². The fourth-order valence-electron chi connectivity index (χ4n) is 4.20. The van der Waals surface area contributed by atoms with E-state index in [4.69, 9.17) is 15.8 Å². The Morgan fingerprint density at radius 1 is 1.32 bits per heavy atom. The van der Waals surface area contributed by atoms with E-state index >= 15 is 0 Å². The van der Waals surface area contributed by atoms with Crippen molar-refractivity contribution >= 4 is 46.1 Å². The zero-order valence-corrected chi connectivity index (χ0v) is 23.0. The number of halogens is 2. The molecule has 12 heteroatoms. The fourth-order valence-corrected chi connectivity index (χ4v) is 5.95. The summed E-state index contributed by atoms with van der Waals surface area (Å²) in [5, 5.41) is 11.7. The second-order valence-electron chi connectivity index (χ2n) is 9.23. The van der Waals surface area contributed by atoms with Crippen molar-refractivity contribution in [2.75, 3.05) is 32.9 Å². The molecule has 1 fully saturated rings. The van der Waals surface area contributed by atoms with Gasteiger partial charge in [-0.25, -0.2) is 9.78 Å². The molecule has 0 atom stereocenters. The number of carboxylic acid groups (broad SMARTS) is 1. The minimum absolute atomic E-state index is 0.329. The monoisotopic (exact) mass is 553 g/mol. The second kappa shape index (κ2) is 12.3. The van der Waals surface area contributed by atoms with Gasteiger partial charge in [-0.2, -0.15) is 8.78 Å². The molecule has 37 heavy (non-hydrogen) atoms. The number of nitrogens with zero attached hydrogens (tertiary/aromatic N) is 3. The van der Waals surface area contributed by atoms with Gasteiger partial charge in [0.25, 0.3) is 5.91 Å². The van der Waals surface area contributed by atoms with E-state index in [1.54, 1.807) is 11.3 Å². The van der Waals surface area contributed by atoms with Gasteiger partial charge in [0.05, 0.1) is 16.8 Å². The van der Waals surface area contributed by atoms with Gasteiger partial charge in [0.15, 0.2) is 0 Å². The summed E-state index contributed by atoms with van der Waals surface area (Å²) >= 11 is 3.57. The van der Waals surface area contributed by atoms with Crippen LogP contribution < -0.4 is 5.73 Å². The van der Waals surface area contributed by atoms with Crippen molar-refractivity contribution in [1.82, 2.24) is 19.2 Å². The average Bonchev–Trinajstić information content (AvgIpc) is 3.45. The van der Waals surface area contributed by atoms with Crippen LogP contribution in [-0.2, 0) is 11.3 Å². The molecule has 0 spiro atoms. The Labute approximate surface area is 223 Å². The maximum atomic E-state index is 12.2. The number of carbonyl (C=O) groups excluding carboxylic acids is 1. The highest BCUT2D eigenvalue weighted by atomic mass is 32.2. The van der Waals surface area contributed by atoms with Crippen molar-refractivity contribution in [1.29, 1.82) is 0 Å². The van der Waals surface area contributed by atoms with Crippen LogP contribution in [0.4, 0.5) is 8.78 Å². The van der Waals surface area contributed by atoms with E-state index < -0.39 is 17.8 Å². The van der Waals surface area contributed by atoms with E-state index in [9.17, 15) is 18.4 Å². The van der Waals surface area contributed by atoms with E-state index in [-0.39, 0.29) is 0 Å². The number of thiazole rings is 1. The summed E-state index contributed by atoms with van der Waals surface area (Å²) in [6.45, 7) is 5.52. The van der Waals surface area contributed by atoms with Crippen LogP contribution in [0.2, 0.25) is 0 Å². The minimum Gasteiger partial charge on any atom is -0.477 e. The number of fused-ring (bicyclic) bond motifs is 1. The van der Waals surface area contributed by atoms with Gasteiger partial charge in [0.2, 0.25) is 0 Å². The molecule has 1 saturated heterocycles. The summed E-state index contributed by atoms with van der Waals surface area (Å²) in [4.78, 5) is 31.7. The Hall–Kier alpha value is -2.54. The van der Waals surface area contributed by atoms with Crippen molar-refractivity contribution in [3.8, 4) is 11.3 Å². The zero-order chi connectivity index (χ0) is 27.3. The van der Waals surface area contributed by atoms with E-state index in [2.05, 4.69) is 38.8 Å². The number of aromatic nitrogens is 2. The molecular formula is C25H33F2N5O3S2. The van der Waals surface area contributed by atoms with Crippen LogP contribution in [0.15, 0.2) is 23.7 Å². The Bertz CT molecular complexity index is 1230. The number of benzene rings is 1. The predicted octanol–water partition coefficient (Wildman–Crippen LogP) is 5.03. The first-order valence-electron chi connectivity index (χ1n) is 11.9. The van der Waals surface area contributed by atoms with Crippen molar-refractivity contribution in [2.24, 2.45) is 5.73 Å². The molecule has 0 bridgehead atoms. The lowest BCUT2D eigenvalue weighted by atomic mass is 9.89. The number of aromatic amines is 1. The lowest BCUT2D eigenvalue weighted by Crippen LogP contribution is -2.27. The summed E-state index contributed by atoms with van der Waals surface area (Å²) < 4.78 is 25.0. The molecule has 4 N–H and O–H groups in total. The maximum Gasteiger partial charge on any atom is 0.374 e. The Morgan fingerprint density at radius 2 is 1.97 bits per heavy atom. The summed E-state index contributed by atoms with van der Waals surface area (Å²) in [6, 6.07) is 4.05. The zero-order valence-electron chi connectivity index (χ0n) is 21.4. The van der Waals surface area contributed by atoms with Crippen molar-refractivity contribution in [3.63, 3.8) is 0 Å². The third-order valence-electron chi connectivity index (χ3n) is 5.97. The number of H-pyrrole nitrogens is 1. The van der Waals surface area contributed by atoms with Crippen LogP contribution in [0, 0.1) is 0 Å². The number of carbonyl (C=O) groups is 2. The van der Waals surface area contributed by atoms with E-state index in [1.807, 2.05) is 32.1 Å². The molecular weight excluding hydrogens is 520 g/mol. The number of amides is 1. The van der Waals surface area contributed by atoms with Gasteiger partial charge in [-0.05, 0) is 50.6 Å². The van der Waals surface area contributed by atoms with Crippen molar-refractivity contribution in [2.45, 2.75) is 45.1 Å². The molecule has 1 amide bonds. The Kier molecular flexibility index (Phi) is 9.68.